The predicted molar refractivity (Wildman–Crippen MR) is 102 cm³/mol. The number of hydrogen-bond acceptors (Lipinski definition) is 6. The molecule has 8 heteroatoms. The van der Waals surface area contributed by atoms with Crippen LogP contribution in [0.15, 0.2) is 59.4 Å². The second kappa shape index (κ2) is 7.07. The van der Waals surface area contributed by atoms with Gasteiger partial charge in [-0.2, -0.15) is 9.90 Å². The van der Waals surface area contributed by atoms with Crippen molar-refractivity contribution in [2.45, 2.75) is 20.0 Å². The Bertz CT molecular complexity index is 1210. The van der Waals surface area contributed by atoms with E-state index in [1.54, 1.807) is 38.1 Å². The van der Waals surface area contributed by atoms with Gasteiger partial charge in [-0.25, -0.2) is 9.78 Å². The van der Waals surface area contributed by atoms with Crippen LogP contribution in [0.2, 0.25) is 0 Å². The summed E-state index contributed by atoms with van der Waals surface area (Å²) in [4.78, 5) is 33.2. The van der Waals surface area contributed by atoms with Crippen molar-refractivity contribution in [1.82, 2.24) is 25.0 Å². The topological polar surface area (TPSA) is 103 Å². The molecule has 0 unspecified atom stereocenters. The van der Waals surface area contributed by atoms with Crippen LogP contribution in [0.5, 0.6) is 0 Å². The van der Waals surface area contributed by atoms with Crippen molar-refractivity contribution >= 4 is 16.9 Å². The van der Waals surface area contributed by atoms with Crippen LogP contribution in [0.3, 0.4) is 0 Å². The molecule has 140 valence electrons. The van der Waals surface area contributed by atoms with Gasteiger partial charge in [-0.3, -0.25) is 4.79 Å². The highest BCUT2D eigenvalue weighted by molar-refractivity contribution is 5.88. The van der Waals surface area contributed by atoms with E-state index in [-0.39, 0.29) is 17.1 Å². The third-order valence-electron chi connectivity index (χ3n) is 4.26. The van der Waals surface area contributed by atoms with Crippen molar-refractivity contribution in [3.8, 4) is 5.69 Å². The number of aryl methyl sites for hydroxylation is 1. The number of carbonyl (C=O) groups is 1. The number of aromatic amines is 1. The van der Waals surface area contributed by atoms with E-state index in [1.807, 2.05) is 30.3 Å². The number of benzene rings is 2. The van der Waals surface area contributed by atoms with Gasteiger partial charge in [0.2, 0.25) is 0 Å². The van der Waals surface area contributed by atoms with E-state index >= 15 is 0 Å². The van der Waals surface area contributed by atoms with E-state index in [9.17, 15) is 9.59 Å². The number of carbonyl (C=O) groups excluding carboxylic acids is 1. The number of nitrogens with zero attached hydrogens (tertiary/aromatic N) is 4. The van der Waals surface area contributed by atoms with Gasteiger partial charge in [0, 0.05) is 0 Å². The summed E-state index contributed by atoms with van der Waals surface area (Å²) in [5.41, 5.74) is 1.54. The number of para-hydroxylation sites is 2. The largest absolute Gasteiger partial charge is 0.450 e. The summed E-state index contributed by atoms with van der Waals surface area (Å²) in [7, 11) is 0. The number of H-pyrrole nitrogens is 1. The molecule has 1 atom stereocenters. The first kappa shape index (κ1) is 17.6. The molecule has 2 aromatic heterocycles. The van der Waals surface area contributed by atoms with Crippen molar-refractivity contribution in [3.05, 3.63) is 82.2 Å². The fourth-order valence-corrected chi connectivity index (χ4v) is 2.81. The Hall–Kier alpha value is -3.81. The highest BCUT2D eigenvalue weighted by Gasteiger charge is 2.22. The summed E-state index contributed by atoms with van der Waals surface area (Å²) in [5, 5.41) is 8.98. The molecule has 2 heterocycles. The highest BCUT2D eigenvalue weighted by atomic mass is 16.5. The van der Waals surface area contributed by atoms with Crippen LogP contribution in [-0.4, -0.2) is 30.9 Å². The van der Waals surface area contributed by atoms with Crippen LogP contribution in [0.25, 0.3) is 16.6 Å². The first-order valence-electron chi connectivity index (χ1n) is 8.72. The van der Waals surface area contributed by atoms with Crippen molar-refractivity contribution in [1.29, 1.82) is 0 Å². The van der Waals surface area contributed by atoms with Gasteiger partial charge >= 0.3 is 5.97 Å². The molecule has 1 N–H and O–H groups in total. The molecule has 0 aliphatic carbocycles. The smallest absolute Gasteiger partial charge is 0.361 e. The Morgan fingerprint density at radius 2 is 1.79 bits per heavy atom. The van der Waals surface area contributed by atoms with Gasteiger partial charge in [0.1, 0.15) is 0 Å². The zero-order valence-electron chi connectivity index (χ0n) is 15.3. The first-order valence-corrected chi connectivity index (χ1v) is 8.72. The Kier molecular flexibility index (Phi) is 4.44. The van der Waals surface area contributed by atoms with E-state index in [2.05, 4.69) is 20.2 Å². The minimum Gasteiger partial charge on any atom is -0.450 e. The van der Waals surface area contributed by atoms with Crippen LogP contribution in [-0.2, 0) is 4.74 Å². The number of esters is 1. The van der Waals surface area contributed by atoms with Gasteiger partial charge in [0.25, 0.3) is 5.56 Å². The lowest BCUT2D eigenvalue weighted by Gasteiger charge is -2.12. The standard InChI is InChI=1S/C20H17N5O3/c1-12-17(24-25(23-12)14-8-4-3-5-9-14)20(27)28-13(2)18-21-16-11-7-6-10-15(16)19(26)22-18/h3-11,13H,1-2H3,(H,21,22,26)/t13-/m1/s1. The van der Waals surface area contributed by atoms with E-state index in [0.29, 0.717) is 16.6 Å². The average molecular weight is 375 g/mol. The van der Waals surface area contributed by atoms with Gasteiger partial charge in [-0.1, -0.05) is 30.3 Å². The van der Waals surface area contributed by atoms with Crippen LogP contribution in [0.1, 0.15) is 35.0 Å². The number of fused-ring (bicyclic) bond motifs is 1. The maximum atomic E-state index is 12.6. The van der Waals surface area contributed by atoms with Crippen molar-refractivity contribution in [2.75, 3.05) is 0 Å². The van der Waals surface area contributed by atoms with Gasteiger partial charge in [-0.05, 0) is 38.1 Å². The van der Waals surface area contributed by atoms with E-state index in [1.165, 1.54) is 4.80 Å². The number of ether oxygens (including phenoxy) is 1. The third kappa shape index (κ3) is 3.27. The Morgan fingerprint density at radius 1 is 1.07 bits per heavy atom. The van der Waals surface area contributed by atoms with Crippen LogP contribution >= 0.6 is 0 Å². The fraction of sp³-hybridized carbons (Fsp3) is 0.150. The molecular weight excluding hydrogens is 358 g/mol. The maximum Gasteiger partial charge on any atom is 0.361 e. The maximum absolute atomic E-state index is 12.6. The third-order valence-corrected chi connectivity index (χ3v) is 4.26. The highest BCUT2D eigenvalue weighted by Crippen LogP contribution is 2.17. The molecule has 28 heavy (non-hydrogen) atoms. The molecule has 8 nitrogen and oxygen atoms in total. The van der Waals surface area contributed by atoms with Crippen LogP contribution in [0, 0.1) is 6.92 Å². The van der Waals surface area contributed by atoms with Crippen LogP contribution in [0.4, 0.5) is 0 Å². The zero-order chi connectivity index (χ0) is 19.7. The quantitative estimate of drug-likeness (QED) is 0.550. The van der Waals surface area contributed by atoms with Crippen LogP contribution < -0.4 is 5.56 Å². The zero-order valence-corrected chi connectivity index (χ0v) is 15.3. The van der Waals surface area contributed by atoms with Gasteiger partial charge in [-0.15, -0.1) is 5.10 Å². The minimum absolute atomic E-state index is 0.110. The molecule has 0 saturated heterocycles. The Balaban J connectivity index is 1.59. The first-order chi connectivity index (χ1) is 13.5. The molecule has 0 fully saturated rings. The second-order valence-electron chi connectivity index (χ2n) is 6.27. The lowest BCUT2D eigenvalue weighted by Crippen LogP contribution is -2.18. The lowest BCUT2D eigenvalue weighted by atomic mass is 10.2. The summed E-state index contributed by atoms with van der Waals surface area (Å²) in [6.07, 6.45) is -0.758. The van der Waals surface area contributed by atoms with E-state index < -0.39 is 12.1 Å². The number of hydrogen-bond donors (Lipinski definition) is 1. The molecule has 0 aliphatic heterocycles. The summed E-state index contributed by atoms with van der Waals surface area (Å²) in [6, 6.07) is 16.2. The summed E-state index contributed by atoms with van der Waals surface area (Å²) < 4.78 is 5.47. The molecule has 0 saturated carbocycles. The average Bonchev–Trinajstić information content (AvgIpc) is 3.10. The summed E-state index contributed by atoms with van der Waals surface area (Å²) >= 11 is 0. The molecule has 2 aromatic carbocycles. The second-order valence-corrected chi connectivity index (χ2v) is 6.27. The number of aromatic nitrogens is 5. The van der Waals surface area contributed by atoms with Crippen molar-refractivity contribution in [2.24, 2.45) is 0 Å². The molecule has 0 amide bonds. The van der Waals surface area contributed by atoms with E-state index in [4.69, 9.17) is 4.74 Å². The van der Waals surface area contributed by atoms with Gasteiger partial charge < -0.3 is 9.72 Å². The molecule has 0 radical (unpaired) electrons. The monoisotopic (exact) mass is 375 g/mol. The SMILES string of the molecule is Cc1nn(-c2ccccc2)nc1C(=O)O[C@H](C)c1nc2ccccc2c(=O)[nH]1. The van der Waals surface area contributed by atoms with Crippen molar-refractivity contribution < 1.29 is 9.53 Å². The van der Waals surface area contributed by atoms with Gasteiger partial charge in [0.05, 0.1) is 22.3 Å². The summed E-state index contributed by atoms with van der Waals surface area (Å²) in [5.74, 6) is -0.367. The molecular formula is C20H17N5O3. The molecule has 0 aliphatic rings. The van der Waals surface area contributed by atoms with Gasteiger partial charge in [0.15, 0.2) is 17.6 Å². The normalized spacial score (nSPS) is 12.1. The summed E-state index contributed by atoms with van der Waals surface area (Å²) in [6.45, 7) is 3.33. The van der Waals surface area contributed by atoms with Crippen molar-refractivity contribution in [3.63, 3.8) is 0 Å². The minimum atomic E-state index is -0.758. The lowest BCUT2D eigenvalue weighted by molar-refractivity contribution is 0.0311. The molecule has 4 rings (SSSR count). The molecule has 0 bridgehead atoms. The number of rotatable bonds is 4. The molecule has 0 spiro atoms. The molecule has 4 aromatic rings. The Morgan fingerprint density at radius 3 is 2.57 bits per heavy atom. The Labute approximate surface area is 159 Å². The number of nitrogens with one attached hydrogen (secondary N) is 1. The predicted octanol–water partition coefficient (Wildman–Crippen LogP) is 2.73. The van der Waals surface area contributed by atoms with E-state index in [0.717, 1.165) is 5.69 Å². The fourth-order valence-electron chi connectivity index (χ4n) is 2.81.